The summed E-state index contributed by atoms with van der Waals surface area (Å²) >= 11 is 0. The summed E-state index contributed by atoms with van der Waals surface area (Å²) in [6, 6.07) is 15.3. The van der Waals surface area contributed by atoms with Gasteiger partial charge in [-0.25, -0.2) is 0 Å². The Morgan fingerprint density at radius 1 is 0.909 bits per heavy atom. The quantitative estimate of drug-likeness (QED) is 0.803. The number of hydrogen-bond donors (Lipinski definition) is 0. The van der Waals surface area contributed by atoms with Crippen LogP contribution in [0.25, 0.3) is 10.8 Å². The summed E-state index contributed by atoms with van der Waals surface area (Å²) < 4.78 is 0. The maximum absolute atomic E-state index is 4.97. The molecule has 0 fully saturated rings. The van der Waals surface area contributed by atoms with E-state index in [1.807, 2.05) is 0 Å². The van der Waals surface area contributed by atoms with Gasteiger partial charge in [0.2, 0.25) is 0 Å². The predicted octanol–water partition coefficient (Wildman–Crippen LogP) is 4.67. The van der Waals surface area contributed by atoms with Crippen molar-refractivity contribution < 1.29 is 0 Å². The van der Waals surface area contributed by atoms with Crippen molar-refractivity contribution >= 4 is 16.5 Å². The monoisotopic (exact) mass is 294 g/mol. The van der Waals surface area contributed by atoms with Crippen molar-refractivity contribution in [3.05, 3.63) is 48.0 Å². The lowest BCUT2D eigenvalue weighted by molar-refractivity contribution is 0.120. The molecule has 2 aromatic carbocycles. The molecule has 0 saturated heterocycles. The van der Waals surface area contributed by atoms with E-state index < -0.39 is 0 Å². The van der Waals surface area contributed by atoms with Gasteiger partial charge in [0.15, 0.2) is 0 Å². The number of benzene rings is 2. The molecule has 1 heterocycles. The third kappa shape index (κ3) is 2.56. The Morgan fingerprint density at radius 3 is 2.23 bits per heavy atom. The lowest BCUT2D eigenvalue weighted by atomic mass is 9.92. The first-order valence-electron chi connectivity index (χ1n) is 8.11. The first kappa shape index (κ1) is 15.2. The molecule has 2 heteroatoms. The van der Waals surface area contributed by atoms with E-state index in [-0.39, 0.29) is 11.2 Å². The number of aryl methyl sites for hydroxylation is 1. The van der Waals surface area contributed by atoms with Crippen molar-refractivity contribution in [1.29, 1.82) is 0 Å². The van der Waals surface area contributed by atoms with Gasteiger partial charge in [-0.2, -0.15) is 0 Å². The Hall–Kier alpha value is -1.67. The molecule has 0 unspecified atom stereocenters. The molecule has 3 rings (SSSR count). The van der Waals surface area contributed by atoms with E-state index in [1.54, 1.807) is 0 Å². The highest BCUT2D eigenvalue weighted by atomic mass is 15.4. The largest absolute Gasteiger partial charge is 0.272 e. The van der Waals surface area contributed by atoms with E-state index >= 15 is 0 Å². The molecule has 2 nitrogen and oxygen atoms in total. The Bertz CT molecular complexity index is 725. The highest BCUT2D eigenvalue weighted by Crippen LogP contribution is 2.34. The van der Waals surface area contributed by atoms with Crippen LogP contribution in [0, 0.1) is 0 Å². The summed E-state index contributed by atoms with van der Waals surface area (Å²) in [7, 11) is 2.17. The van der Waals surface area contributed by atoms with Crippen LogP contribution in [0.3, 0.4) is 0 Å². The number of fused-ring (bicyclic) bond motifs is 1. The van der Waals surface area contributed by atoms with Gasteiger partial charge in [-0.3, -0.25) is 9.89 Å². The van der Waals surface area contributed by atoms with Crippen LogP contribution in [0.4, 0.5) is 0 Å². The van der Waals surface area contributed by atoms with Gasteiger partial charge in [0, 0.05) is 5.71 Å². The Morgan fingerprint density at radius 2 is 1.59 bits per heavy atom. The van der Waals surface area contributed by atoms with E-state index in [4.69, 9.17) is 4.99 Å². The van der Waals surface area contributed by atoms with E-state index in [2.05, 4.69) is 82.1 Å². The van der Waals surface area contributed by atoms with Crippen LogP contribution < -0.4 is 0 Å². The molecule has 0 aromatic heterocycles. The first-order valence-corrected chi connectivity index (χ1v) is 8.11. The van der Waals surface area contributed by atoms with Crippen molar-refractivity contribution in [2.75, 3.05) is 7.05 Å². The molecule has 1 aliphatic heterocycles. The standard InChI is InChI=1S/C20H26N2/c1-19(2)18(21-20(3,4)22(19)5)13-11-15-10-12-16-8-6-7-9-17(16)14-15/h6-10,12,14H,11,13H2,1-5H3. The summed E-state index contributed by atoms with van der Waals surface area (Å²) in [6.45, 7) is 8.94. The van der Waals surface area contributed by atoms with Gasteiger partial charge in [-0.1, -0.05) is 42.5 Å². The number of nitrogens with zero attached hydrogens (tertiary/aromatic N) is 2. The predicted molar refractivity (Wildman–Crippen MR) is 95.6 cm³/mol. The molecular formula is C20H26N2. The van der Waals surface area contributed by atoms with Gasteiger partial charge < -0.3 is 0 Å². The lowest BCUT2D eigenvalue weighted by Crippen LogP contribution is -2.49. The summed E-state index contributed by atoms with van der Waals surface area (Å²) in [5.41, 5.74) is 2.65. The summed E-state index contributed by atoms with van der Waals surface area (Å²) in [6.07, 6.45) is 2.08. The van der Waals surface area contributed by atoms with Gasteiger partial charge >= 0.3 is 0 Å². The fourth-order valence-corrected chi connectivity index (χ4v) is 3.44. The summed E-state index contributed by atoms with van der Waals surface area (Å²) in [5.74, 6) is 0. The van der Waals surface area contributed by atoms with Crippen LogP contribution in [0.15, 0.2) is 47.5 Å². The second-order valence-electron chi connectivity index (χ2n) is 7.35. The van der Waals surface area contributed by atoms with Gasteiger partial charge in [0.1, 0.15) is 5.66 Å². The molecule has 0 saturated carbocycles. The van der Waals surface area contributed by atoms with Crippen LogP contribution in [0.5, 0.6) is 0 Å². The molecule has 22 heavy (non-hydrogen) atoms. The molecular weight excluding hydrogens is 268 g/mol. The summed E-state index contributed by atoms with van der Waals surface area (Å²) in [4.78, 5) is 7.34. The maximum atomic E-state index is 4.97. The fraction of sp³-hybridized carbons (Fsp3) is 0.450. The minimum Gasteiger partial charge on any atom is -0.272 e. The van der Waals surface area contributed by atoms with Crippen molar-refractivity contribution in [2.45, 2.75) is 51.7 Å². The third-order valence-electron chi connectivity index (χ3n) is 5.24. The average Bonchev–Trinajstić information content (AvgIpc) is 2.64. The van der Waals surface area contributed by atoms with Gasteiger partial charge in [-0.05, 0) is 63.9 Å². The van der Waals surface area contributed by atoms with Crippen LogP contribution in [0.1, 0.15) is 39.7 Å². The minimum absolute atomic E-state index is 0.0420. The zero-order chi connectivity index (χ0) is 16.0. The molecule has 0 atom stereocenters. The molecule has 0 radical (unpaired) electrons. The summed E-state index contributed by atoms with van der Waals surface area (Å²) in [5, 5.41) is 2.63. The minimum atomic E-state index is -0.0950. The topological polar surface area (TPSA) is 15.6 Å². The van der Waals surface area contributed by atoms with Crippen molar-refractivity contribution in [3.8, 4) is 0 Å². The van der Waals surface area contributed by atoms with Gasteiger partial charge in [0.25, 0.3) is 0 Å². The molecule has 0 N–H and O–H groups in total. The third-order valence-corrected chi connectivity index (χ3v) is 5.24. The molecule has 0 bridgehead atoms. The van der Waals surface area contributed by atoms with E-state index in [1.165, 1.54) is 22.0 Å². The van der Waals surface area contributed by atoms with E-state index in [9.17, 15) is 0 Å². The number of hydrogen-bond acceptors (Lipinski definition) is 2. The van der Waals surface area contributed by atoms with Crippen molar-refractivity contribution in [2.24, 2.45) is 4.99 Å². The molecule has 0 amide bonds. The molecule has 0 aliphatic carbocycles. The Labute approximate surface area is 133 Å². The number of rotatable bonds is 3. The van der Waals surface area contributed by atoms with Gasteiger partial charge in [-0.15, -0.1) is 0 Å². The van der Waals surface area contributed by atoms with Crippen LogP contribution >= 0.6 is 0 Å². The molecule has 116 valence electrons. The second kappa shape index (κ2) is 5.20. The van der Waals surface area contributed by atoms with E-state index in [0.717, 1.165) is 12.8 Å². The molecule has 2 aromatic rings. The maximum Gasteiger partial charge on any atom is 0.107 e. The Kier molecular flexibility index (Phi) is 3.60. The van der Waals surface area contributed by atoms with Crippen molar-refractivity contribution in [3.63, 3.8) is 0 Å². The molecule has 1 aliphatic rings. The SMILES string of the molecule is CN1C(C)(C)N=C(CCc2ccc3ccccc3c2)C1(C)C. The second-order valence-corrected chi connectivity index (χ2v) is 7.35. The Balaban J connectivity index is 1.79. The zero-order valence-electron chi connectivity index (χ0n) is 14.4. The normalized spacial score (nSPS) is 20.3. The number of aliphatic imine (C=N–C) groups is 1. The fourth-order valence-electron chi connectivity index (χ4n) is 3.44. The zero-order valence-corrected chi connectivity index (χ0v) is 14.4. The highest BCUT2D eigenvalue weighted by Gasteiger charge is 2.44. The van der Waals surface area contributed by atoms with Crippen LogP contribution in [0.2, 0.25) is 0 Å². The lowest BCUT2D eigenvalue weighted by Gasteiger charge is -2.36. The smallest absolute Gasteiger partial charge is 0.107 e. The average molecular weight is 294 g/mol. The van der Waals surface area contributed by atoms with E-state index in [0.29, 0.717) is 0 Å². The highest BCUT2D eigenvalue weighted by molar-refractivity contribution is 5.95. The molecule has 0 spiro atoms. The first-order chi connectivity index (χ1) is 10.3. The van der Waals surface area contributed by atoms with Crippen molar-refractivity contribution in [1.82, 2.24) is 4.90 Å². The van der Waals surface area contributed by atoms with Crippen LogP contribution in [-0.2, 0) is 6.42 Å². The van der Waals surface area contributed by atoms with Crippen LogP contribution in [-0.4, -0.2) is 28.9 Å². The van der Waals surface area contributed by atoms with Gasteiger partial charge in [0.05, 0.1) is 5.54 Å².